The largest absolute Gasteiger partial charge is 0.396 e. The Morgan fingerprint density at radius 3 is 2.77 bits per heavy atom. The van der Waals surface area contributed by atoms with E-state index in [4.69, 9.17) is 5.11 Å². The van der Waals surface area contributed by atoms with Gasteiger partial charge in [-0.3, -0.25) is 4.79 Å². The number of aryl methyl sites for hydroxylation is 1. The molecule has 0 unspecified atom stereocenters. The van der Waals surface area contributed by atoms with Crippen LogP contribution in [0.15, 0.2) is 23.1 Å². The molecule has 0 aliphatic rings. The Morgan fingerprint density at radius 2 is 2.23 bits per heavy atom. The fraction of sp³-hybridized carbons (Fsp3) is 0.444. The van der Waals surface area contributed by atoms with Gasteiger partial charge >= 0.3 is 0 Å². The van der Waals surface area contributed by atoms with Crippen molar-refractivity contribution in [1.29, 1.82) is 0 Å². The molecule has 74 valence electrons. The third kappa shape index (κ3) is 2.68. The molecular weight excluding hydrogens is 168 g/mol. The summed E-state index contributed by atoms with van der Waals surface area (Å²) in [6.07, 6.45) is 2.20. The average Bonchev–Trinajstić information content (AvgIpc) is 2.09. The predicted octanol–water partition coefficient (Wildman–Crippen LogP) is 0.565. The number of hydrogen-bond acceptors (Lipinski definition) is 3. The number of pyridine rings is 1. The van der Waals surface area contributed by atoms with Crippen LogP contribution in [-0.4, -0.2) is 16.3 Å². The number of hydrogen-bond donors (Lipinski definition) is 2. The van der Waals surface area contributed by atoms with Gasteiger partial charge in [0.15, 0.2) is 0 Å². The number of rotatable bonds is 3. The van der Waals surface area contributed by atoms with E-state index in [0.717, 1.165) is 0 Å². The van der Waals surface area contributed by atoms with Crippen molar-refractivity contribution in [3.05, 3.63) is 34.2 Å². The number of nitrogens with zero attached hydrogens (tertiary/aromatic N) is 1. The smallest absolute Gasteiger partial charge is 0.253 e. The first-order valence-electron chi connectivity index (χ1n) is 4.08. The van der Waals surface area contributed by atoms with Gasteiger partial charge in [0.05, 0.1) is 0 Å². The molecule has 0 aliphatic carbocycles. The third-order valence-electron chi connectivity index (χ3n) is 1.82. The summed E-state index contributed by atoms with van der Waals surface area (Å²) in [4.78, 5) is 11.4. The maximum atomic E-state index is 11.4. The van der Waals surface area contributed by atoms with Gasteiger partial charge in [0.25, 0.3) is 5.56 Å². The van der Waals surface area contributed by atoms with Gasteiger partial charge in [-0.15, -0.1) is 0 Å². The highest BCUT2D eigenvalue weighted by atomic mass is 16.3. The fourth-order valence-electron chi connectivity index (χ4n) is 1.15. The van der Waals surface area contributed by atoms with Crippen molar-refractivity contribution >= 4 is 0 Å². The van der Waals surface area contributed by atoms with Crippen LogP contribution in [0.5, 0.6) is 0 Å². The zero-order valence-electron chi connectivity index (χ0n) is 7.86. The van der Waals surface area contributed by atoms with E-state index in [0.29, 0.717) is 18.5 Å². The van der Waals surface area contributed by atoms with Crippen LogP contribution in [0.1, 0.15) is 12.5 Å². The minimum Gasteiger partial charge on any atom is -0.396 e. The minimum atomic E-state index is 0. The molecule has 0 saturated carbocycles. The highest BCUT2D eigenvalue weighted by Crippen LogP contribution is 1.92. The molecule has 13 heavy (non-hydrogen) atoms. The molecule has 0 aromatic carbocycles. The van der Waals surface area contributed by atoms with Crippen molar-refractivity contribution in [2.45, 2.75) is 19.9 Å². The highest BCUT2D eigenvalue weighted by Gasteiger charge is 1.99. The van der Waals surface area contributed by atoms with Crippen LogP contribution >= 0.6 is 0 Å². The number of aliphatic hydroxyl groups excluding tert-OH is 1. The van der Waals surface area contributed by atoms with Gasteiger partial charge in [-0.1, -0.05) is 6.07 Å². The average molecular weight is 184 g/mol. The van der Waals surface area contributed by atoms with E-state index in [1.807, 2.05) is 13.0 Å². The fourth-order valence-corrected chi connectivity index (χ4v) is 1.15. The summed E-state index contributed by atoms with van der Waals surface area (Å²) in [5.41, 5.74) is 0.691. The number of aliphatic hydroxyl groups is 1. The molecule has 0 atom stereocenters. The standard InChI is InChI=1S/C9H13NO2.H3N/c1-2-10-6-3-4-8(5-7-11)9(10)12;/h3-4,6,11H,2,5,7H2,1H3;1H3. The van der Waals surface area contributed by atoms with E-state index in [1.54, 1.807) is 16.8 Å². The summed E-state index contributed by atoms with van der Waals surface area (Å²) >= 11 is 0. The van der Waals surface area contributed by atoms with Crippen molar-refractivity contribution in [1.82, 2.24) is 10.7 Å². The molecule has 0 amide bonds. The van der Waals surface area contributed by atoms with Crippen molar-refractivity contribution in [3.63, 3.8) is 0 Å². The summed E-state index contributed by atoms with van der Waals surface area (Å²) in [6, 6.07) is 3.58. The lowest BCUT2D eigenvalue weighted by atomic mass is 10.2. The van der Waals surface area contributed by atoms with E-state index in [9.17, 15) is 4.79 Å². The first-order chi connectivity index (χ1) is 5.79. The van der Waals surface area contributed by atoms with E-state index in [1.165, 1.54) is 0 Å². The van der Waals surface area contributed by atoms with Gasteiger partial charge in [-0.05, 0) is 13.0 Å². The lowest BCUT2D eigenvalue weighted by Crippen LogP contribution is -2.22. The quantitative estimate of drug-likeness (QED) is 0.720. The highest BCUT2D eigenvalue weighted by molar-refractivity contribution is 5.10. The second-order valence-corrected chi connectivity index (χ2v) is 2.60. The van der Waals surface area contributed by atoms with Gasteiger partial charge in [0, 0.05) is 31.3 Å². The van der Waals surface area contributed by atoms with Crippen molar-refractivity contribution < 1.29 is 5.11 Å². The zero-order chi connectivity index (χ0) is 8.97. The van der Waals surface area contributed by atoms with Gasteiger partial charge in [0.1, 0.15) is 0 Å². The van der Waals surface area contributed by atoms with E-state index in [2.05, 4.69) is 0 Å². The summed E-state index contributed by atoms with van der Waals surface area (Å²) in [7, 11) is 0. The maximum Gasteiger partial charge on any atom is 0.253 e. The molecule has 4 heteroatoms. The van der Waals surface area contributed by atoms with Crippen LogP contribution in [0.2, 0.25) is 0 Å². The van der Waals surface area contributed by atoms with Crippen LogP contribution in [0.4, 0.5) is 0 Å². The summed E-state index contributed by atoms with van der Waals surface area (Å²) in [5, 5.41) is 8.66. The molecule has 0 spiro atoms. The van der Waals surface area contributed by atoms with Crippen molar-refractivity contribution in [2.75, 3.05) is 6.61 Å². The Labute approximate surface area is 77.4 Å². The molecule has 1 heterocycles. The zero-order valence-corrected chi connectivity index (χ0v) is 7.86. The van der Waals surface area contributed by atoms with Crippen molar-refractivity contribution in [2.24, 2.45) is 0 Å². The Balaban J connectivity index is 0.00000144. The SMILES string of the molecule is CCn1cccc(CCO)c1=O.N. The lowest BCUT2D eigenvalue weighted by Gasteiger charge is -2.03. The topological polar surface area (TPSA) is 77.2 Å². The van der Waals surface area contributed by atoms with Gasteiger partial charge < -0.3 is 15.8 Å². The summed E-state index contributed by atoms with van der Waals surface area (Å²) < 4.78 is 1.63. The summed E-state index contributed by atoms with van der Waals surface area (Å²) in [5.74, 6) is 0. The normalized spacial score (nSPS) is 9.38. The van der Waals surface area contributed by atoms with Crippen LogP contribution in [0, 0.1) is 0 Å². The Bertz CT molecular complexity index is 307. The molecule has 0 aliphatic heterocycles. The molecule has 4 nitrogen and oxygen atoms in total. The molecule has 0 fully saturated rings. The first-order valence-corrected chi connectivity index (χ1v) is 4.08. The first kappa shape index (κ1) is 11.9. The second kappa shape index (κ2) is 5.50. The van der Waals surface area contributed by atoms with Crippen LogP contribution in [0.25, 0.3) is 0 Å². The monoisotopic (exact) mass is 184 g/mol. The van der Waals surface area contributed by atoms with Gasteiger partial charge in [-0.2, -0.15) is 0 Å². The van der Waals surface area contributed by atoms with Crippen LogP contribution < -0.4 is 11.7 Å². The predicted molar refractivity (Wildman–Crippen MR) is 52.2 cm³/mol. The molecule has 4 N–H and O–H groups in total. The molecule has 1 rings (SSSR count). The maximum absolute atomic E-state index is 11.4. The Hall–Kier alpha value is -1.13. The van der Waals surface area contributed by atoms with Gasteiger partial charge in [-0.25, -0.2) is 0 Å². The third-order valence-corrected chi connectivity index (χ3v) is 1.82. The van der Waals surface area contributed by atoms with Crippen LogP contribution in [-0.2, 0) is 13.0 Å². The van der Waals surface area contributed by atoms with E-state index >= 15 is 0 Å². The van der Waals surface area contributed by atoms with E-state index < -0.39 is 0 Å². The van der Waals surface area contributed by atoms with E-state index in [-0.39, 0.29) is 18.3 Å². The molecule has 0 radical (unpaired) electrons. The van der Waals surface area contributed by atoms with Crippen molar-refractivity contribution in [3.8, 4) is 0 Å². The molecule has 1 aromatic heterocycles. The molecule has 1 aromatic rings. The molecule has 0 saturated heterocycles. The minimum absolute atomic E-state index is 0. The summed E-state index contributed by atoms with van der Waals surface area (Å²) in [6.45, 7) is 2.63. The lowest BCUT2D eigenvalue weighted by molar-refractivity contribution is 0.299. The Morgan fingerprint density at radius 1 is 1.54 bits per heavy atom. The van der Waals surface area contributed by atoms with Crippen LogP contribution in [0.3, 0.4) is 0 Å². The molecular formula is C9H16N2O2. The Kier molecular flexibility index (Phi) is 5.03. The van der Waals surface area contributed by atoms with Gasteiger partial charge in [0.2, 0.25) is 0 Å². The second-order valence-electron chi connectivity index (χ2n) is 2.60. The molecule has 0 bridgehead atoms. The number of aromatic nitrogens is 1.